The molecular formula is C20H18BrNO3S. The SMILES string of the molecule is CCCN1C(=O)SC(=Cc2ccccc2OCc2ccc(Br)cc2)C1=O. The monoisotopic (exact) mass is 431 g/mol. The molecule has 134 valence electrons. The van der Waals surface area contributed by atoms with Crippen LogP contribution >= 0.6 is 27.7 Å². The highest BCUT2D eigenvalue weighted by Gasteiger charge is 2.34. The fourth-order valence-corrected chi connectivity index (χ4v) is 3.65. The van der Waals surface area contributed by atoms with Gasteiger partial charge < -0.3 is 4.74 Å². The summed E-state index contributed by atoms with van der Waals surface area (Å²) < 4.78 is 6.95. The van der Waals surface area contributed by atoms with E-state index in [0.29, 0.717) is 23.8 Å². The minimum absolute atomic E-state index is 0.212. The Balaban J connectivity index is 1.78. The number of hydrogen-bond acceptors (Lipinski definition) is 4. The lowest BCUT2D eigenvalue weighted by atomic mass is 10.1. The normalized spacial score (nSPS) is 15.8. The van der Waals surface area contributed by atoms with E-state index in [-0.39, 0.29) is 11.1 Å². The molecule has 0 unspecified atom stereocenters. The van der Waals surface area contributed by atoms with Crippen molar-refractivity contribution in [2.75, 3.05) is 6.54 Å². The van der Waals surface area contributed by atoms with Crippen LogP contribution in [0.4, 0.5) is 4.79 Å². The Morgan fingerprint density at radius 2 is 1.85 bits per heavy atom. The van der Waals surface area contributed by atoms with Crippen LogP contribution in [-0.2, 0) is 11.4 Å². The molecule has 1 aliphatic rings. The van der Waals surface area contributed by atoms with E-state index in [4.69, 9.17) is 4.74 Å². The predicted octanol–water partition coefficient (Wildman–Crippen LogP) is 5.47. The number of halogens is 1. The van der Waals surface area contributed by atoms with Crippen molar-refractivity contribution < 1.29 is 14.3 Å². The lowest BCUT2D eigenvalue weighted by molar-refractivity contribution is -0.122. The number of amides is 2. The molecule has 0 bridgehead atoms. The van der Waals surface area contributed by atoms with Crippen molar-refractivity contribution in [1.29, 1.82) is 0 Å². The number of thioether (sulfide) groups is 1. The molecule has 1 fully saturated rings. The maximum atomic E-state index is 12.4. The topological polar surface area (TPSA) is 46.6 Å². The van der Waals surface area contributed by atoms with Gasteiger partial charge in [0.2, 0.25) is 0 Å². The molecule has 6 heteroatoms. The second-order valence-corrected chi connectivity index (χ2v) is 7.70. The quantitative estimate of drug-likeness (QED) is 0.568. The minimum atomic E-state index is -0.232. The molecule has 3 rings (SSSR count). The van der Waals surface area contributed by atoms with E-state index in [1.165, 1.54) is 4.90 Å². The zero-order chi connectivity index (χ0) is 18.5. The van der Waals surface area contributed by atoms with Crippen LogP contribution in [0, 0.1) is 0 Å². The molecule has 0 aliphatic carbocycles. The van der Waals surface area contributed by atoms with Gasteiger partial charge in [0.15, 0.2) is 0 Å². The number of carbonyl (C=O) groups excluding carboxylic acids is 2. The fourth-order valence-electron chi connectivity index (χ4n) is 2.53. The van der Waals surface area contributed by atoms with Crippen LogP contribution in [0.15, 0.2) is 57.9 Å². The van der Waals surface area contributed by atoms with Crippen LogP contribution in [0.3, 0.4) is 0 Å². The molecule has 0 N–H and O–H groups in total. The van der Waals surface area contributed by atoms with Gasteiger partial charge in [-0.05, 0) is 48.0 Å². The molecule has 4 nitrogen and oxygen atoms in total. The van der Waals surface area contributed by atoms with Gasteiger partial charge in [0.1, 0.15) is 12.4 Å². The van der Waals surface area contributed by atoms with E-state index in [0.717, 1.165) is 33.8 Å². The van der Waals surface area contributed by atoms with Gasteiger partial charge in [0.25, 0.3) is 11.1 Å². The third-order valence-corrected chi connectivity index (χ3v) is 5.27. The first-order valence-electron chi connectivity index (χ1n) is 8.30. The Morgan fingerprint density at radius 1 is 1.12 bits per heavy atom. The average molecular weight is 432 g/mol. The molecule has 0 aromatic heterocycles. The van der Waals surface area contributed by atoms with Crippen molar-refractivity contribution in [1.82, 2.24) is 4.90 Å². The summed E-state index contributed by atoms with van der Waals surface area (Å²) in [6, 6.07) is 15.4. The summed E-state index contributed by atoms with van der Waals surface area (Å²) in [7, 11) is 0. The van der Waals surface area contributed by atoms with E-state index in [1.54, 1.807) is 6.08 Å². The van der Waals surface area contributed by atoms with E-state index in [2.05, 4.69) is 15.9 Å². The summed E-state index contributed by atoms with van der Waals surface area (Å²) in [4.78, 5) is 26.1. The summed E-state index contributed by atoms with van der Waals surface area (Å²) >= 11 is 4.39. The number of ether oxygens (including phenoxy) is 1. The molecule has 1 heterocycles. The zero-order valence-corrected chi connectivity index (χ0v) is 16.7. The van der Waals surface area contributed by atoms with Crippen molar-refractivity contribution in [2.24, 2.45) is 0 Å². The smallest absolute Gasteiger partial charge is 0.293 e. The highest BCUT2D eigenvalue weighted by atomic mass is 79.9. The van der Waals surface area contributed by atoms with E-state index in [9.17, 15) is 9.59 Å². The van der Waals surface area contributed by atoms with Crippen molar-refractivity contribution >= 4 is 44.9 Å². The van der Waals surface area contributed by atoms with Crippen LogP contribution < -0.4 is 4.74 Å². The number of carbonyl (C=O) groups is 2. The second-order valence-electron chi connectivity index (χ2n) is 5.79. The first-order valence-corrected chi connectivity index (χ1v) is 9.91. The molecule has 2 amide bonds. The third-order valence-electron chi connectivity index (χ3n) is 3.83. The van der Waals surface area contributed by atoms with Gasteiger partial charge in [0.05, 0.1) is 4.91 Å². The summed E-state index contributed by atoms with van der Waals surface area (Å²) in [5.74, 6) is 0.447. The van der Waals surface area contributed by atoms with Crippen molar-refractivity contribution in [3.8, 4) is 5.75 Å². The highest BCUT2D eigenvalue weighted by Crippen LogP contribution is 2.34. The minimum Gasteiger partial charge on any atom is -0.488 e. The predicted molar refractivity (Wildman–Crippen MR) is 108 cm³/mol. The van der Waals surface area contributed by atoms with Crippen LogP contribution in [0.1, 0.15) is 24.5 Å². The Bertz CT molecular complexity index is 848. The zero-order valence-electron chi connectivity index (χ0n) is 14.3. The van der Waals surface area contributed by atoms with Crippen LogP contribution in [0.25, 0.3) is 6.08 Å². The average Bonchev–Trinajstić information content (AvgIpc) is 2.90. The number of imide groups is 1. The number of hydrogen-bond donors (Lipinski definition) is 0. The fraction of sp³-hybridized carbons (Fsp3) is 0.200. The lowest BCUT2D eigenvalue weighted by Gasteiger charge is -2.11. The molecule has 1 aliphatic heterocycles. The van der Waals surface area contributed by atoms with Gasteiger partial charge in [-0.25, -0.2) is 0 Å². The highest BCUT2D eigenvalue weighted by molar-refractivity contribution is 9.10. The maximum Gasteiger partial charge on any atom is 0.293 e. The van der Waals surface area contributed by atoms with Gasteiger partial charge in [-0.2, -0.15) is 0 Å². The van der Waals surface area contributed by atoms with Crippen molar-refractivity contribution in [2.45, 2.75) is 20.0 Å². The molecular weight excluding hydrogens is 414 g/mol. The largest absolute Gasteiger partial charge is 0.488 e. The van der Waals surface area contributed by atoms with Crippen LogP contribution in [0.5, 0.6) is 5.75 Å². The second kappa shape index (κ2) is 8.56. The van der Waals surface area contributed by atoms with E-state index in [1.807, 2.05) is 55.5 Å². The van der Waals surface area contributed by atoms with Gasteiger partial charge in [-0.15, -0.1) is 0 Å². The van der Waals surface area contributed by atoms with Gasteiger partial charge in [-0.3, -0.25) is 14.5 Å². The Hall–Kier alpha value is -2.05. The molecule has 1 saturated heterocycles. The van der Waals surface area contributed by atoms with Gasteiger partial charge in [-0.1, -0.05) is 53.2 Å². The molecule has 0 spiro atoms. The Morgan fingerprint density at radius 3 is 2.58 bits per heavy atom. The van der Waals surface area contributed by atoms with Crippen LogP contribution in [0.2, 0.25) is 0 Å². The van der Waals surface area contributed by atoms with Gasteiger partial charge >= 0.3 is 0 Å². The Labute approximate surface area is 165 Å². The summed E-state index contributed by atoms with van der Waals surface area (Å²) in [6.45, 7) is 2.82. The third kappa shape index (κ3) is 4.37. The van der Waals surface area contributed by atoms with Gasteiger partial charge in [0, 0.05) is 16.6 Å². The standard InChI is InChI=1S/C20H18BrNO3S/c1-2-11-22-19(23)18(26-20(22)24)12-15-5-3-4-6-17(15)25-13-14-7-9-16(21)10-8-14/h3-10,12H,2,11,13H2,1H3. The molecule has 26 heavy (non-hydrogen) atoms. The van der Waals surface area contributed by atoms with E-state index < -0.39 is 0 Å². The van der Waals surface area contributed by atoms with Crippen molar-refractivity contribution in [3.63, 3.8) is 0 Å². The maximum absolute atomic E-state index is 12.4. The molecule has 2 aromatic carbocycles. The number of para-hydroxylation sites is 1. The molecule has 0 atom stereocenters. The Kier molecular flexibility index (Phi) is 6.16. The lowest BCUT2D eigenvalue weighted by Crippen LogP contribution is -2.28. The number of nitrogens with zero attached hydrogens (tertiary/aromatic N) is 1. The number of rotatable bonds is 6. The van der Waals surface area contributed by atoms with Crippen molar-refractivity contribution in [3.05, 3.63) is 69.0 Å². The summed E-state index contributed by atoms with van der Waals surface area (Å²) in [5, 5.41) is -0.212. The summed E-state index contributed by atoms with van der Waals surface area (Å²) in [5.41, 5.74) is 1.83. The molecule has 0 radical (unpaired) electrons. The van der Waals surface area contributed by atoms with E-state index >= 15 is 0 Å². The summed E-state index contributed by atoms with van der Waals surface area (Å²) in [6.07, 6.45) is 2.48. The molecule has 2 aromatic rings. The van der Waals surface area contributed by atoms with Crippen LogP contribution in [-0.4, -0.2) is 22.6 Å². The molecule has 0 saturated carbocycles. The first kappa shape index (κ1) is 18.7. The first-order chi connectivity index (χ1) is 12.6. The number of benzene rings is 2.